The number of hydrogen-bond acceptors (Lipinski definition) is 3. The second-order valence-corrected chi connectivity index (χ2v) is 5.40. The second-order valence-electron chi connectivity index (χ2n) is 5.40. The lowest BCUT2D eigenvalue weighted by Gasteiger charge is -2.17. The van der Waals surface area contributed by atoms with Crippen LogP contribution in [-0.4, -0.2) is 19.0 Å². The highest BCUT2D eigenvalue weighted by molar-refractivity contribution is 5.93. The Balaban J connectivity index is 1.76. The maximum Gasteiger partial charge on any atom is 0.337 e. The lowest BCUT2D eigenvalue weighted by molar-refractivity contribution is -0.116. The Kier molecular flexibility index (Phi) is 3.92. The first-order chi connectivity index (χ1) is 10.7. The van der Waals surface area contributed by atoms with E-state index in [4.69, 9.17) is 4.74 Å². The largest absolute Gasteiger partial charge is 0.465 e. The summed E-state index contributed by atoms with van der Waals surface area (Å²) < 4.78 is 4.69. The fourth-order valence-corrected chi connectivity index (χ4v) is 2.66. The monoisotopic (exact) mass is 295 g/mol. The van der Waals surface area contributed by atoms with Crippen molar-refractivity contribution in [2.45, 2.75) is 19.3 Å². The molecule has 1 N–H and O–H groups in total. The van der Waals surface area contributed by atoms with Crippen molar-refractivity contribution in [2.24, 2.45) is 0 Å². The minimum Gasteiger partial charge on any atom is -0.465 e. The number of anilines is 1. The van der Waals surface area contributed by atoms with Crippen molar-refractivity contribution in [3.8, 4) is 0 Å². The average molecular weight is 295 g/mol. The molecule has 0 atom stereocenters. The summed E-state index contributed by atoms with van der Waals surface area (Å²) in [5.41, 5.74) is 4.98. The van der Waals surface area contributed by atoms with Gasteiger partial charge in [-0.3, -0.25) is 4.79 Å². The average Bonchev–Trinajstić information content (AvgIpc) is 2.55. The molecule has 0 aromatic heterocycles. The molecule has 0 radical (unpaired) electrons. The van der Waals surface area contributed by atoms with Crippen molar-refractivity contribution in [2.75, 3.05) is 12.4 Å². The number of fused-ring (bicyclic) bond motifs is 1. The number of esters is 1. The van der Waals surface area contributed by atoms with Gasteiger partial charge >= 0.3 is 5.97 Å². The van der Waals surface area contributed by atoms with Crippen LogP contribution in [0.4, 0.5) is 5.69 Å². The van der Waals surface area contributed by atoms with Crippen LogP contribution in [0, 0.1) is 0 Å². The molecule has 0 fully saturated rings. The first-order valence-electron chi connectivity index (χ1n) is 7.24. The number of ether oxygens (including phenoxy) is 1. The normalized spacial score (nSPS) is 13.2. The van der Waals surface area contributed by atoms with Gasteiger partial charge in [-0.05, 0) is 47.7 Å². The number of methoxy groups -OCH3 is 1. The summed E-state index contributed by atoms with van der Waals surface area (Å²) in [7, 11) is 1.38. The van der Waals surface area contributed by atoms with E-state index in [0.29, 0.717) is 12.0 Å². The first kappa shape index (κ1) is 14.3. The van der Waals surface area contributed by atoms with Gasteiger partial charge in [-0.1, -0.05) is 24.3 Å². The zero-order valence-corrected chi connectivity index (χ0v) is 12.4. The molecule has 1 aliphatic heterocycles. The summed E-state index contributed by atoms with van der Waals surface area (Å²) in [6.45, 7) is 0. The molecule has 0 saturated carbocycles. The summed E-state index contributed by atoms with van der Waals surface area (Å²) >= 11 is 0. The molecule has 4 heteroatoms. The van der Waals surface area contributed by atoms with E-state index in [1.54, 1.807) is 12.1 Å². The third kappa shape index (κ3) is 3.01. The standard InChI is InChI=1S/C18H17NO3/c1-22-18(21)14-5-2-12(3-6-14)10-13-4-8-16-15(11-13)7-9-17(20)19-16/h2-6,8,11H,7,9-10H2,1H3,(H,19,20). The minimum atomic E-state index is -0.323. The van der Waals surface area contributed by atoms with E-state index in [9.17, 15) is 9.59 Å². The number of nitrogens with one attached hydrogen (secondary N) is 1. The quantitative estimate of drug-likeness (QED) is 0.886. The molecule has 0 unspecified atom stereocenters. The molecule has 0 spiro atoms. The molecule has 0 saturated heterocycles. The zero-order valence-electron chi connectivity index (χ0n) is 12.4. The molecule has 0 bridgehead atoms. The van der Waals surface area contributed by atoms with Crippen LogP contribution in [0.25, 0.3) is 0 Å². The molecular weight excluding hydrogens is 278 g/mol. The molecule has 1 aliphatic rings. The number of aryl methyl sites for hydroxylation is 1. The Hall–Kier alpha value is -2.62. The van der Waals surface area contributed by atoms with Crippen molar-refractivity contribution in [3.63, 3.8) is 0 Å². The van der Waals surface area contributed by atoms with Crippen LogP contribution in [0.1, 0.15) is 33.5 Å². The SMILES string of the molecule is COC(=O)c1ccc(Cc2ccc3c(c2)CCC(=O)N3)cc1. The van der Waals surface area contributed by atoms with E-state index >= 15 is 0 Å². The van der Waals surface area contributed by atoms with E-state index in [1.807, 2.05) is 24.3 Å². The minimum absolute atomic E-state index is 0.0821. The Morgan fingerprint density at radius 1 is 1.09 bits per heavy atom. The Bertz CT molecular complexity index is 720. The van der Waals surface area contributed by atoms with Crippen molar-refractivity contribution >= 4 is 17.6 Å². The maximum atomic E-state index is 11.4. The van der Waals surface area contributed by atoms with Crippen LogP contribution in [0.5, 0.6) is 0 Å². The second kappa shape index (κ2) is 6.02. The lowest BCUT2D eigenvalue weighted by atomic mass is 9.97. The van der Waals surface area contributed by atoms with Gasteiger partial charge in [0.2, 0.25) is 5.91 Å². The molecule has 4 nitrogen and oxygen atoms in total. The van der Waals surface area contributed by atoms with E-state index in [1.165, 1.54) is 18.2 Å². The smallest absolute Gasteiger partial charge is 0.337 e. The predicted molar refractivity (Wildman–Crippen MR) is 84.0 cm³/mol. The van der Waals surface area contributed by atoms with Crippen LogP contribution in [0.2, 0.25) is 0 Å². The van der Waals surface area contributed by atoms with Gasteiger partial charge in [0.05, 0.1) is 12.7 Å². The number of carbonyl (C=O) groups excluding carboxylic acids is 2. The third-order valence-electron chi connectivity index (χ3n) is 3.85. The molecule has 112 valence electrons. The van der Waals surface area contributed by atoms with E-state index in [-0.39, 0.29) is 11.9 Å². The lowest BCUT2D eigenvalue weighted by Crippen LogP contribution is -2.18. The Morgan fingerprint density at radius 3 is 2.55 bits per heavy atom. The number of benzene rings is 2. The van der Waals surface area contributed by atoms with Crippen LogP contribution in [0.15, 0.2) is 42.5 Å². The summed E-state index contributed by atoms with van der Waals surface area (Å²) in [5.74, 6) is -0.241. The van der Waals surface area contributed by atoms with Crippen LogP contribution < -0.4 is 5.32 Å². The van der Waals surface area contributed by atoms with Crippen LogP contribution in [-0.2, 0) is 22.4 Å². The first-order valence-corrected chi connectivity index (χ1v) is 7.24. The highest BCUT2D eigenvalue weighted by Gasteiger charge is 2.14. The van der Waals surface area contributed by atoms with Crippen molar-refractivity contribution in [1.29, 1.82) is 0 Å². The maximum absolute atomic E-state index is 11.4. The highest BCUT2D eigenvalue weighted by atomic mass is 16.5. The van der Waals surface area contributed by atoms with E-state index < -0.39 is 0 Å². The van der Waals surface area contributed by atoms with Crippen molar-refractivity contribution < 1.29 is 14.3 Å². The molecule has 1 heterocycles. The molecule has 2 aromatic carbocycles. The summed E-state index contributed by atoms with van der Waals surface area (Å²) in [4.78, 5) is 22.8. The Morgan fingerprint density at radius 2 is 1.82 bits per heavy atom. The topological polar surface area (TPSA) is 55.4 Å². The molecule has 3 rings (SSSR count). The van der Waals surface area contributed by atoms with Gasteiger partial charge in [0.1, 0.15) is 0 Å². The molecular formula is C18H17NO3. The Labute approximate surface area is 129 Å². The van der Waals surface area contributed by atoms with Gasteiger partial charge in [-0.15, -0.1) is 0 Å². The molecule has 2 aromatic rings. The van der Waals surface area contributed by atoms with Gasteiger partial charge < -0.3 is 10.1 Å². The van der Waals surface area contributed by atoms with Gasteiger partial charge in [-0.25, -0.2) is 4.79 Å². The predicted octanol–water partition coefficient (Wildman–Crippen LogP) is 2.95. The summed E-state index contributed by atoms with van der Waals surface area (Å²) in [5, 5.41) is 2.89. The number of rotatable bonds is 3. The number of amides is 1. The molecule has 1 amide bonds. The fraction of sp³-hybridized carbons (Fsp3) is 0.222. The highest BCUT2D eigenvalue weighted by Crippen LogP contribution is 2.24. The van der Waals surface area contributed by atoms with E-state index in [0.717, 1.165) is 24.1 Å². The van der Waals surface area contributed by atoms with Crippen molar-refractivity contribution in [1.82, 2.24) is 0 Å². The van der Waals surface area contributed by atoms with E-state index in [2.05, 4.69) is 11.4 Å². The van der Waals surface area contributed by atoms with Gasteiger partial charge in [0.25, 0.3) is 0 Å². The van der Waals surface area contributed by atoms with Gasteiger partial charge in [-0.2, -0.15) is 0 Å². The fourth-order valence-electron chi connectivity index (χ4n) is 2.66. The van der Waals surface area contributed by atoms with Crippen LogP contribution >= 0.6 is 0 Å². The summed E-state index contributed by atoms with van der Waals surface area (Å²) in [6, 6.07) is 13.6. The van der Waals surface area contributed by atoms with Crippen LogP contribution in [0.3, 0.4) is 0 Å². The third-order valence-corrected chi connectivity index (χ3v) is 3.85. The molecule has 0 aliphatic carbocycles. The molecule has 22 heavy (non-hydrogen) atoms. The van der Waals surface area contributed by atoms with Gasteiger partial charge in [0.15, 0.2) is 0 Å². The number of carbonyl (C=O) groups is 2. The van der Waals surface area contributed by atoms with Gasteiger partial charge in [0, 0.05) is 12.1 Å². The zero-order chi connectivity index (χ0) is 15.5. The van der Waals surface area contributed by atoms with Crippen molar-refractivity contribution in [3.05, 3.63) is 64.7 Å². The summed E-state index contributed by atoms with van der Waals surface area (Å²) in [6.07, 6.45) is 2.13. The number of hydrogen-bond donors (Lipinski definition) is 1.